The number of rotatable bonds is 7. The zero-order valence-corrected chi connectivity index (χ0v) is 16.9. The van der Waals surface area contributed by atoms with Crippen LogP contribution in [0.1, 0.15) is 45.7 Å². The predicted molar refractivity (Wildman–Crippen MR) is 113 cm³/mol. The Morgan fingerprint density at radius 2 is 1.83 bits per heavy atom. The number of nitrogens with zero attached hydrogens (tertiary/aromatic N) is 2. The van der Waals surface area contributed by atoms with E-state index >= 15 is 0 Å². The first-order chi connectivity index (χ1) is 14.3. The number of hydrogen-bond acceptors (Lipinski definition) is 3. The largest absolute Gasteiger partial charge is 0.496 e. The van der Waals surface area contributed by atoms with Gasteiger partial charge < -0.3 is 10.1 Å². The van der Waals surface area contributed by atoms with Gasteiger partial charge in [-0.25, -0.2) is 0 Å². The summed E-state index contributed by atoms with van der Waals surface area (Å²) in [5.74, 6) is 0.774. The summed E-state index contributed by atoms with van der Waals surface area (Å²) in [4.78, 5) is 12.9. The standard InChI is InChI=1S/C24H27N3O2/c1-29-22-14-8-5-11-19(22)15-16-25-24(28)23-20-12-6-7-13-21(20)27(26-23)17-18-9-3-2-4-10-18/h2-5,8-11,14H,6-7,12-13,15-17H2,1H3,(H,25,28). The van der Waals surface area contributed by atoms with Crippen LogP contribution in [-0.2, 0) is 25.8 Å². The van der Waals surface area contributed by atoms with E-state index in [0.29, 0.717) is 18.8 Å². The minimum Gasteiger partial charge on any atom is -0.496 e. The SMILES string of the molecule is COc1ccccc1CCNC(=O)c1nn(Cc2ccccc2)c2c1CCCC2. The van der Waals surface area contributed by atoms with Gasteiger partial charge >= 0.3 is 0 Å². The van der Waals surface area contributed by atoms with Gasteiger partial charge in [0.05, 0.1) is 13.7 Å². The molecule has 0 aliphatic heterocycles. The molecule has 3 aromatic rings. The van der Waals surface area contributed by atoms with E-state index in [1.807, 2.05) is 47.1 Å². The van der Waals surface area contributed by atoms with Gasteiger partial charge in [-0.2, -0.15) is 5.10 Å². The van der Waals surface area contributed by atoms with Crippen molar-refractivity contribution in [3.8, 4) is 5.75 Å². The van der Waals surface area contributed by atoms with Crippen molar-refractivity contribution in [1.82, 2.24) is 15.1 Å². The third-order valence-corrected chi connectivity index (χ3v) is 5.52. The van der Waals surface area contributed by atoms with Crippen LogP contribution in [-0.4, -0.2) is 29.3 Å². The van der Waals surface area contributed by atoms with Gasteiger partial charge in [0.2, 0.25) is 0 Å². The Balaban J connectivity index is 1.48. The molecule has 0 saturated carbocycles. The molecule has 150 valence electrons. The molecule has 2 aromatic carbocycles. The van der Waals surface area contributed by atoms with Crippen LogP contribution >= 0.6 is 0 Å². The van der Waals surface area contributed by atoms with Gasteiger partial charge in [-0.05, 0) is 49.3 Å². The predicted octanol–water partition coefficient (Wildman–Crippen LogP) is 3.79. The fourth-order valence-electron chi connectivity index (χ4n) is 4.04. The molecule has 1 aliphatic carbocycles. The van der Waals surface area contributed by atoms with Gasteiger partial charge in [-0.15, -0.1) is 0 Å². The Hall–Kier alpha value is -3.08. The quantitative estimate of drug-likeness (QED) is 0.669. The summed E-state index contributed by atoms with van der Waals surface area (Å²) in [6.07, 6.45) is 4.92. The number of ether oxygens (including phenoxy) is 1. The van der Waals surface area contributed by atoms with Crippen LogP contribution in [0.2, 0.25) is 0 Å². The molecule has 1 N–H and O–H groups in total. The summed E-state index contributed by atoms with van der Waals surface area (Å²) in [5.41, 5.74) is 5.23. The number of hydrogen-bond donors (Lipinski definition) is 1. The van der Waals surface area contributed by atoms with Gasteiger partial charge in [0.25, 0.3) is 5.91 Å². The van der Waals surface area contributed by atoms with E-state index in [0.717, 1.165) is 49.0 Å². The molecule has 29 heavy (non-hydrogen) atoms. The van der Waals surface area contributed by atoms with Gasteiger partial charge in [-0.3, -0.25) is 9.48 Å². The number of methoxy groups -OCH3 is 1. The van der Waals surface area contributed by atoms with Crippen molar-refractivity contribution in [3.05, 3.63) is 82.7 Å². The minimum absolute atomic E-state index is 0.0788. The van der Waals surface area contributed by atoms with Gasteiger partial charge in [0, 0.05) is 17.8 Å². The molecule has 5 heteroatoms. The number of amides is 1. The maximum Gasteiger partial charge on any atom is 0.272 e. The van der Waals surface area contributed by atoms with Crippen LogP contribution in [0.4, 0.5) is 0 Å². The summed E-state index contributed by atoms with van der Waals surface area (Å²) in [5, 5.41) is 7.78. The number of para-hydroxylation sites is 1. The zero-order valence-electron chi connectivity index (χ0n) is 16.9. The molecule has 0 spiro atoms. The van der Waals surface area contributed by atoms with Crippen molar-refractivity contribution in [2.75, 3.05) is 13.7 Å². The lowest BCUT2D eigenvalue weighted by Gasteiger charge is -2.14. The number of carbonyl (C=O) groups is 1. The molecule has 0 fully saturated rings. The van der Waals surface area contributed by atoms with E-state index in [-0.39, 0.29) is 5.91 Å². The fraction of sp³-hybridized carbons (Fsp3) is 0.333. The highest BCUT2D eigenvalue weighted by Gasteiger charge is 2.24. The molecule has 1 aliphatic rings. The number of carbonyl (C=O) groups excluding carboxylic acids is 1. The van der Waals surface area contributed by atoms with E-state index in [1.165, 1.54) is 11.3 Å². The molecule has 4 rings (SSSR count). The molecule has 1 amide bonds. The first-order valence-corrected chi connectivity index (χ1v) is 10.3. The van der Waals surface area contributed by atoms with Gasteiger partial charge in [0.15, 0.2) is 5.69 Å². The molecule has 5 nitrogen and oxygen atoms in total. The van der Waals surface area contributed by atoms with Crippen molar-refractivity contribution in [2.45, 2.75) is 38.6 Å². The normalized spacial score (nSPS) is 13.0. The van der Waals surface area contributed by atoms with Crippen molar-refractivity contribution < 1.29 is 9.53 Å². The van der Waals surface area contributed by atoms with E-state index in [4.69, 9.17) is 9.84 Å². The average molecular weight is 389 g/mol. The molecule has 1 aromatic heterocycles. The lowest BCUT2D eigenvalue weighted by Crippen LogP contribution is -2.27. The van der Waals surface area contributed by atoms with Gasteiger partial charge in [-0.1, -0.05) is 48.5 Å². The third-order valence-electron chi connectivity index (χ3n) is 5.52. The summed E-state index contributed by atoms with van der Waals surface area (Å²) in [6.45, 7) is 1.26. The lowest BCUT2D eigenvalue weighted by molar-refractivity contribution is 0.0947. The average Bonchev–Trinajstić information content (AvgIpc) is 3.13. The smallest absolute Gasteiger partial charge is 0.272 e. The van der Waals surface area contributed by atoms with Crippen LogP contribution in [0.25, 0.3) is 0 Å². The molecular formula is C24H27N3O2. The number of fused-ring (bicyclic) bond motifs is 1. The second-order valence-electron chi connectivity index (χ2n) is 7.44. The van der Waals surface area contributed by atoms with E-state index < -0.39 is 0 Å². The fourth-order valence-corrected chi connectivity index (χ4v) is 4.04. The molecule has 0 atom stereocenters. The number of aromatic nitrogens is 2. The molecule has 0 radical (unpaired) electrons. The lowest BCUT2D eigenvalue weighted by atomic mass is 9.95. The highest BCUT2D eigenvalue weighted by atomic mass is 16.5. The zero-order chi connectivity index (χ0) is 20.1. The summed E-state index contributed by atoms with van der Waals surface area (Å²) in [7, 11) is 1.67. The molecular weight excluding hydrogens is 362 g/mol. The van der Waals surface area contributed by atoms with Crippen molar-refractivity contribution in [1.29, 1.82) is 0 Å². The molecule has 0 unspecified atom stereocenters. The summed E-state index contributed by atoms with van der Waals surface area (Å²) >= 11 is 0. The maximum atomic E-state index is 12.9. The Bertz CT molecular complexity index is 979. The Kier molecular flexibility index (Phi) is 5.94. The van der Waals surface area contributed by atoms with E-state index in [9.17, 15) is 4.79 Å². The van der Waals surface area contributed by atoms with Crippen LogP contribution in [0.5, 0.6) is 5.75 Å². The minimum atomic E-state index is -0.0788. The Labute approximate surface area is 171 Å². The van der Waals surface area contributed by atoms with Gasteiger partial charge in [0.1, 0.15) is 5.75 Å². The highest BCUT2D eigenvalue weighted by Crippen LogP contribution is 2.25. The van der Waals surface area contributed by atoms with E-state index in [1.54, 1.807) is 7.11 Å². The second-order valence-corrected chi connectivity index (χ2v) is 7.44. The van der Waals surface area contributed by atoms with Crippen LogP contribution in [0.15, 0.2) is 54.6 Å². The summed E-state index contributed by atoms with van der Waals surface area (Å²) < 4.78 is 7.42. The number of benzene rings is 2. The topological polar surface area (TPSA) is 56.1 Å². The Morgan fingerprint density at radius 3 is 2.66 bits per heavy atom. The Morgan fingerprint density at radius 1 is 1.07 bits per heavy atom. The first-order valence-electron chi connectivity index (χ1n) is 10.3. The molecule has 0 saturated heterocycles. The van der Waals surface area contributed by atoms with Crippen LogP contribution in [0.3, 0.4) is 0 Å². The second kappa shape index (κ2) is 8.95. The number of nitrogens with one attached hydrogen (secondary N) is 1. The van der Waals surface area contributed by atoms with Crippen molar-refractivity contribution in [2.24, 2.45) is 0 Å². The van der Waals surface area contributed by atoms with Crippen molar-refractivity contribution in [3.63, 3.8) is 0 Å². The van der Waals surface area contributed by atoms with E-state index in [2.05, 4.69) is 17.4 Å². The van der Waals surface area contributed by atoms with Crippen LogP contribution < -0.4 is 10.1 Å². The molecule has 0 bridgehead atoms. The first kappa shape index (κ1) is 19.2. The molecule has 1 heterocycles. The van der Waals surface area contributed by atoms with Crippen molar-refractivity contribution >= 4 is 5.91 Å². The highest BCUT2D eigenvalue weighted by molar-refractivity contribution is 5.94. The maximum absolute atomic E-state index is 12.9. The summed E-state index contributed by atoms with van der Waals surface area (Å²) in [6, 6.07) is 18.2. The monoisotopic (exact) mass is 389 g/mol. The van der Waals surface area contributed by atoms with Crippen LogP contribution in [0, 0.1) is 0 Å². The third kappa shape index (κ3) is 4.34.